The van der Waals surface area contributed by atoms with Crippen molar-refractivity contribution in [1.29, 1.82) is 0 Å². The van der Waals surface area contributed by atoms with Crippen molar-refractivity contribution in [3.8, 4) is 0 Å². The van der Waals surface area contributed by atoms with Gasteiger partial charge in [-0.25, -0.2) is 0 Å². The Morgan fingerprint density at radius 1 is 1.32 bits per heavy atom. The molecule has 0 aromatic carbocycles. The second-order valence-electron chi connectivity index (χ2n) is 12.2. The maximum atomic E-state index is 13.6. The number of hydroxylamine groups is 2. The fourth-order valence-corrected chi connectivity index (χ4v) is 8.83. The summed E-state index contributed by atoms with van der Waals surface area (Å²) in [6.45, 7) is 4.02. The normalized spacial score (nSPS) is 38.5. The third-order valence-electron chi connectivity index (χ3n) is 9.82. The smallest absolute Gasteiger partial charge is 0.264 e. The lowest BCUT2D eigenvalue weighted by Gasteiger charge is -2.58. The summed E-state index contributed by atoms with van der Waals surface area (Å²) in [5, 5.41) is 23.6. The van der Waals surface area contributed by atoms with Crippen LogP contribution < -0.4 is 0 Å². The van der Waals surface area contributed by atoms with E-state index in [1.54, 1.807) is 24.5 Å². The summed E-state index contributed by atoms with van der Waals surface area (Å²) >= 11 is 0. The fraction of sp³-hybridized carbons (Fsp3) is 0.643. The molecular weight excluding hydrogens is 510 g/mol. The first-order valence-electron chi connectivity index (χ1n) is 13.3. The maximum Gasteiger partial charge on any atom is 0.264 e. The molecule has 3 fully saturated rings. The maximum absolute atomic E-state index is 13.6. The Morgan fingerprint density at radius 2 is 2.08 bits per heavy atom. The van der Waals surface area contributed by atoms with E-state index in [-0.39, 0.29) is 48.3 Å². The largest absolute Gasteiger partial charge is 0.472 e. The number of carbonyl (C=O) groups excluding carboxylic acids is 2. The Bertz CT molecular complexity index is 1250. The molecule has 208 valence electrons. The molecule has 2 N–H and O–H groups in total. The first-order valence-corrected chi connectivity index (χ1v) is 15.1. The number of carbonyl (C=O) groups is 2. The quantitative estimate of drug-likeness (QED) is 0.372. The van der Waals surface area contributed by atoms with Crippen molar-refractivity contribution in [2.24, 2.45) is 40.4 Å². The number of furan rings is 1. The molecule has 0 spiro atoms. The van der Waals surface area contributed by atoms with Gasteiger partial charge < -0.3 is 14.7 Å². The lowest BCUT2D eigenvalue weighted by molar-refractivity contribution is -0.145. The van der Waals surface area contributed by atoms with Crippen LogP contribution in [0.15, 0.2) is 46.8 Å². The van der Waals surface area contributed by atoms with Crippen LogP contribution in [0.25, 0.3) is 0 Å². The van der Waals surface area contributed by atoms with Gasteiger partial charge in [-0.1, -0.05) is 25.5 Å². The van der Waals surface area contributed by atoms with Crippen molar-refractivity contribution in [3.63, 3.8) is 0 Å². The highest BCUT2D eigenvalue weighted by atomic mass is 32.2. The lowest BCUT2D eigenvalue weighted by Crippen LogP contribution is -2.56. The minimum atomic E-state index is -3.81. The Hall–Kier alpha value is -2.11. The monoisotopic (exact) mass is 547 g/mol. The van der Waals surface area contributed by atoms with E-state index >= 15 is 0 Å². The summed E-state index contributed by atoms with van der Waals surface area (Å²) in [5.74, 6) is -1.08. The summed E-state index contributed by atoms with van der Waals surface area (Å²) < 4.78 is 33.4. The third kappa shape index (κ3) is 4.86. The van der Waals surface area contributed by atoms with Crippen LogP contribution in [0.2, 0.25) is 0 Å². The Morgan fingerprint density at radius 3 is 2.76 bits per heavy atom. The van der Waals surface area contributed by atoms with Crippen molar-refractivity contribution in [2.75, 3.05) is 19.4 Å². The average molecular weight is 548 g/mol. The van der Waals surface area contributed by atoms with Gasteiger partial charge in [0.25, 0.3) is 10.1 Å². The molecule has 0 amide bonds. The van der Waals surface area contributed by atoms with Crippen molar-refractivity contribution in [3.05, 3.63) is 48.0 Å². The number of allylic oxidation sites excluding steroid dienone is 4. The third-order valence-corrected chi connectivity index (χ3v) is 10.4. The predicted octanol–water partition coefficient (Wildman–Crippen LogP) is 3.14. The average Bonchev–Trinajstić information content (AvgIpc) is 3.42. The SMILES string of the molecule is CC12C=CC(=O)C=C1CC[C@@H]1C2[C@@H](O)C[C@@]2(C)C1C[C@@H](CN(O)Cc1ccoc1)[C@@H]2C(=O)COS(C)(=O)=O. The van der Waals surface area contributed by atoms with Crippen molar-refractivity contribution < 1.29 is 36.9 Å². The summed E-state index contributed by atoms with van der Waals surface area (Å²) in [6, 6.07) is 1.76. The molecule has 3 unspecified atom stereocenters. The molecule has 0 saturated heterocycles. The first-order chi connectivity index (χ1) is 17.8. The molecule has 3 saturated carbocycles. The van der Waals surface area contributed by atoms with Gasteiger partial charge in [-0.2, -0.15) is 13.5 Å². The van der Waals surface area contributed by atoms with Crippen molar-refractivity contribution in [2.45, 2.75) is 52.2 Å². The van der Waals surface area contributed by atoms with Gasteiger partial charge in [-0.15, -0.1) is 0 Å². The Kier molecular flexibility index (Phi) is 7.09. The number of hydrogen-bond donors (Lipinski definition) is 2. The highest BCUT2D eigenvalue weighted by Crippen LogP contribution is 2.67. The van der Waals surface area contributed by atoms with Crippen LogP contribution in [0.4, 0.5) is 0 Å². The highest BCUT2D eigenvalue weighted by Gasteiger charge is 2.65. The van der Waals surface area contributed by atoms with Gasteiger partial charge in [0.05, 0.1) is 31.4 Å². The predicted molar refractivity (Wildman–Crippen MR) is 137 cm³/mol. The zero-order chi connectivity index (χ0) is 27.5. The first kappa shape index (κ1) is 27.5. The fourth-order valence-electron chi connectivity index (χ4n) is 8.50. The van der Waals surface area contributed by atoms with Crippen molar-refractivity contribution in [1.82, 2.24) is 5.06 Å². The van der Waals surface area contributed by atoms with E-state index in [9.17, 15) is 28.3 Å². The Balaban J connectivity index is 1.46. The minimum Gasteiger partial charge on any atom is -0.472 e. The van der Waals surface area contributed by atoms with Crippen LogP contribution in [0.3, 0.4) is 0 Å². The van der Waals surface area contributed by atoms with Gasteiger partial charge in [-0.05, 0) is 67.1 Å². The molecule has 10 heteroatoms. The van der Waals surface area contributed by atoms with Gasteiger partial charge in [-0.3, -0.25) is 13.8 Å². The summed E-state index contributed by atoms with van der Waals surface area (Å²) in [6.07, 6.45) is 11.2. The molecule has 9 nitrogen and oxygen atoms in total. The molecule has 0 aliphatic heterocycles. The van der Waals surface area contributed by atoms with Gasteiger partial charge in [0.2, 0.25) is 0 Å². The number of aliphatic hydroxyl groups is 1. The van der Waals surface area contributed by atoms with Crippen LogP contribution in [0.5, 0.6) is 0 Å². The van der Waals surface area contributed by atoms with E-state index in [4.69, 9.17) is 8.60 Å². The van der Waals surface area contributed by atoms with E-state index in [2.05, 4.69) is 6.92 Å². The van der Waals surface area contributed by atoms with Crippen LogP contribution in [-0.4, -0.2) is 60.9 Å². The molecule has 1 heterocycles. The van der Waals surface area contributed by atoms with E-state index in [0.717, 1.165) is 30.2 Å². The number of rotatable bonds is 8. The summed E-state index contributed by atoms with van der Waals surface area (Å²) in [4.78, 5) is 25.7. The molecule has 1 aromatic rings. The van der Waals surface area contributed by atoms with Crippen molar-refractivity contribution >= 4 is 21.7 Å². The summed E-state index contributed by atoms with van der Waals surface area (Å²) in [5.41, 5.74) is 0.829. The van der Waals surface area contributed by atoms with Gasteiger partial charge in [0.15, 0.2) is 11.6 Å². The molecule has 4 aliphatic rings. The minimum absolute atomic E-state index is 0.0239. The second kappa shape index (κ2) is 9.82. The molecule has 4 aliphatic carbocycles. The number of ketones is 2. The topological polar surface area (TPSA) is 134 Å². The zero-order valence-electron chi connectivity index (χ0n) is 22.1. The lowest BCUT2D eigenvalue weighted by atomic mass is 9.46. The van der Waals surface area contributed by atoms with Gasteiger partial charge in [0, 0.05) is 29.4 Å². The zero-order valence-corrected chi connectivity index (χ0v) is 22.9. The van der Waals surface area contributed by atoms with E-state index in [0.29, 0.717) is 12.8 Å². The molecule has 38 heavy (non-hydrogen) atoms. The standard InChI is InChI=1S/C28H37NO8S/c1-27-8-6-20(30)11-19(27)4-5-21-22-10-18(14-29(33)13-17-7-9-36-15-17)25(24(32)16-37-38(3,34)35)28(22,2)12-23(31)26(21)27/h6-9,11,15,18,21-23,25-26,31,33H,4-5,10,12-14,16H2,1-3H3/t18-,21-,22?,23-,25+,26?,27?,28-/m0/s1. The number of Topliss-reactive ketones (excluding diaryl/α,β-unsaturated/α-hetero) is 1. The molecule has 0 radical (unpaired) electrons. The van der Waals surface area contributed by atoms with E-state index in [1.807, 2.05) is 13.0 Å². The summed E-state index contributed by atoms with van der Waals surface area (Å²) in [7, 11) is -3.81. The second-order valence-corrected chi connectivity index (χ2v) is 13.8. The number of nitrogens with zero attached hydrogens (tertiary/aromatic N) is 1. The van der Waals surface area contributed by atoms with E-state index < -0.39 is 39.6 Å². The number of aliphatic hydroxyl groups excluding tert-OH is 1. The van der Waals surface area contributed by atoms with Crippen LogP contribution >= 0.6 is 0 Å². The van der Waals surface area contributed by atoms with Crippen LogP contribution in [0, 0.1) is 40.4 Å². The number of hydrogen-bond acceptors (Lipinski definition) is 9. The van der Waals surface area contributed by atoms with Crippen LogP contribution in [0.1, 0.15) is 45.1 Å². The Labute approximate surface area is 223 Å². The molecule has 8 atom stereocenters. The molecular formula is C28H37NO8S. The van der Waals surface area contributed by atoms with Gasteiger partial charge >= 0.3 is 0 Å². The van der Waals surface area contributed by atoms with E-state index in [1.165, 1.54) is 11.3 Å². The van der Waals surface area contributed by atoms with Gasteiger partial charge in [0.1, 0.15) is 6.61 Å². The molecule has 0 bridgehead atoms. The molecule has 5 rings (SSSR count). The number of fused-ring (bicyclic) bond motifs is 5. The molecule has 1 aromatic heterocycles. The van der Waals surface area contributed by atoms with Crippen LogP contribution in [-0.2, 0) is 30.4 Å². The highest BCUT2D eigenvalue weighted by molar-refractivity contribution is 7.86.